The van der Waals surface area contributed by atoms with Gasteiger partial charge >= 0.3 is 0 Å². The minimum absolute atomic E-state index is 0.578. The number of fused-ring (bicyclic) bond motifs is 1. The summed E-state index contributed by atoms with van der Waals surface area (Å²) in [5.41, 5.74) is 0.578. The summed E-state index contributed by atoms with van der Waals surface area (Å²) >= 11 is 0. The third kappa shape index (κ3) is 3.96. The zero-order valence-electron chi connectivity index (χ0n) is 12.3. The maximum atomic E-state index is 5.79. The second kappa shape index (κ2) is 6.91. The van der Waals surface area contributed by atoms with E-state index < -0.39 is 0 Å². The molecule has 2 heteroatoms. The monoisotopic (exact) mass is 253 g/mol. The van der Waals surface area contributed by atoms with Gasteiger partial charge in [0.15, 0.2) is 0 Å². The zero-order chi connectivity index (χ0) is 12.8. The third-order valence-corrected chi connectivity index (χ3v) is 4.81. The van der Waals surface area contributed by atoms with Crippen LogP contribution in [0.25, 0.3) is 0 Å². The Kier molecular flexibility index (Phi) is 5.50. The lowest BCUT2D eigenvalue weighted by molar-refractivity contribution is 0.0872. The van der Waals surface area contributed by atoms with E-state index in [1.807, 2.05) is 0 Å². The van der Waals surface area contributed by atoms with Gasteiger partial charge in [-0.2, -0.15) is 0 Å². The summed E-state index contributed by atoms with van der Waals surface area (Å²) < 4.78 is 5.79. The average molecular weight is 253 g/mol. The fourth-order valence-corrected chi connectivity index (χ4v) is 3.61. The highest BCUT2D eigenvalue weighted by Gasteiger charge is 2.52. The molecule has 0 aromatic heterocycles. The van der Waals surface area contributed by atoms with Crippen molar-refractivity contribution in [1.29, 1.82) is 0 Å². The van der Waals surface area contributed by atoms with Crippen molar-refractivity contribution in [2.24, 2.45) is 17.3 Å². The lowest BCUT2D eigenvalue weighted by Gasteiger charge is -2.31. The predicted molar refractivity (Wildman–Crippen MR) is 76.8 cm³/mol. The molecule has 0 amide bonds. The first kappa shape index (κ1) is 14.3. The van der Waals surface area contributed by atoms with Crippen LogP contribution >= 0.6 is 0 Å². The smallest absolute Gasteiger partial charge is 0.0471 e. The van der Waals surface area contributed by atoms with Gasteiger partial charge in [-0.25, -0.2) is 0 Å². The molecule has 0 aromatic carbocycles. The fraction of sp³-hybridized carbons (Fsp3) is 1.00. The van der Waals surface area contributed by atoms with Crippen LogP contribution in [-0.4, -0.2) is 26.3 Å². The Balaban J connectivity index is 1.68. The minimum atomic E-state index is 0.578. The summed E-state index contributed by atoms with van der Waals surface area (Å²) in [5, 5.41) is 3.66. The lowest BCUT2D eigenvalue weighted by atomic mass is 9.80. The molecule has 2 nitrogen and oxygen atoms in total. The van der Waals surface area contributed by atoms with Crippen LogP contribution < -0.4 is 5.32 Å². The summed E-state index contributed by atoms with van der Waals surface area (Å²) in [7, 11) is 0. The molecular weight excluding hydrogens is 222 g/mol. The largest absolute Gasteiger partial charge is 0.381 e. The molecule has 0 heterocycles. The van der Waals surface area contributed by atoms with Crippen LogP contribution in [0.1, 0.15) is 58.8 Å². The summed E-state index contributed by atoms with van der Waals surface area (Å²) in [5.74, 6) is 2.15. The van der Waals surface area contributed by atoms with Crippen LogP contribution in [0.15, 0.2) is 0 Å². The standard InChI is InChI=1S/C16H31NO/c1-3-5-8-18-9-6-16(13-17-7-4-2)11-14-10-15(14)12-16/h14-15,17H,3-13H2,1-2H3. The summed E-state index contributed by atoms with van der Waals surface area (Å²) in [6.07, 6.45) is 9.43. The predicted octanol–water partition coefficient (Wildman–Crippen LogP) is 3.61. The van der Waals surface area contributed by atoms with E-state index in [2.05, 4.69) is 19.2 Å². The average Bonchev–Trinajstić information content (AvgIpc) is 2.98. The van der Waals surface area contributed by atoms with Crippen LogP contribution in [0.5, 0.6) is 0 Å². The second-order valence-corrected chi connectivity index (χ2v) is 6.56. The molecule has 106 valence electrons. The van der Waals surface area contributed by atoms with E-state index in [0.29, 0.717) is 5.41 Å². The molecule has 2 atom stereocenters. The molecule has 0 spiro atoms. The van der Waals surface area contributed by atoms with Gasteiger partial charge in [0, 0.05) is 19.8 Å². The van der Waals surface area contributed by atoms with E-state index in [-0.39, 0.29) is 0 Å². The summed E-state index contributed by atoms with van der Waals surface area (Å²) in [6, 6.07) is 0. The molecule has 0 bridgehead atoms. The fourth-order valence-electron chi connectivity index (χ4n) is 3.61. The molecule has 1 N–H and O–H groups in total. The van der Waals surface area contributed by atoms with Crippen molar-refractivity contribution in [1.82, 2.24) is 5.32 Å². The van der Waals surface area contributed by atoms with E-state index in [4.69, 9.17) is 4.74 Å². The van der Waals surface area contributed by atoms with E-state index >= 15 is 0 Å². The first-order chi connectivity index (χ1) is 8.79. The van der Waals surface area contributed by atoms with Gasteiger partial charge in [0.2, 0.25) is 0 Å². The Bertz CT molecular complexity index is 231. The maximum Gasteiger partial charge on any atom is 0.0471 e. The molecule has 0 saturated heterocycles. The zero-order valence-corrected chi connectivity index (χ0v) is 12.3. The molecule has 2 aliphatic rings. The van der Waals surface area contributed by atoms with Crippen molar-refractivity contribution >= 4 is 0 Å². The van der Waals surface area contributed by atoms with E-state index in [9.17, 15) is 0 Å². The summed E-state index contributed by atoms with van der Waals surface area (Å²) in [6.45, 7) is 8.82. The van der Waals surface area contributed by atoms with Gasteiger partial charge < -0.3 is 10.1 Å². The molecule has 2 saturated carbocycles. The van der Waals surface area contributed by atoms with Gasteiger partial charge in [0.05, 0.1) is 0 Å². The molecule has 0 aromatic rings. The van der Waals surface area contributed by atoms with Gasteiger partial charge in [-0.15, -0.1) is 0 Å². The normalized spacial score (nSPS) is 33.7. The van der Waals surface area contributed by atoms with Gasteiger partial charge in [-0.1, -0.05) is 20.3 Å². The maximum absolute atomic E-state index is 5.79. The van der Waals surface area contributed by atoms with Gasteiger partial charge in [-0.3, -0.25) is 0 Å². The molecule has 18 heavy (non-hydrogen) atoms. The molecule has 2 unspecified atom stereocenters. The number of unbranched alkanes of at least 4 members (excludes halogenated alkanes) is 1. The quantitative estimate of drug-likeness (QED) is 0.601. The Hall–Kier alpha value is -0.0800. The first-order valence-corrected chi connectivity index (χ1v) is 8.08. The lowest BCUT2D eigenvalue weighted by Crippen LogP contribution is -2.34. The number of rotatable bonds is 10. The van der Waals surface area contributed by atoms with Crippen LogP contribution in [0.2, 0.25) is 0 Å². The van der Waals surface area contributed by atoms with Crippen molar-refractivity contribution in [2.75, 3.05) is 26.3 Å². The van der Waals surface area contributed by atoms with Crippen LogP contribution in [0.4, 0.5) is 0 Å². The number of ether oxygens (including phenoxy) is 1. The van der Waals surface area contributed by atoms with Crippen LogP contribution in [0.3, 0.4) is 0 Å². The first-order valence-electron chi connectivity index (χ1n) is 8.08. The van der Waals surface area contributed by atoms with Gasteiger partial charge in [0.25, 0.3) is 0 Å². The molecule has 2 rings (SSSR count). The van der Waals surface area contributed by atoms with Gasteiger partial charge in [-0.05, 0) is 62.3 Å². The SMILES string of the molecule is CCCCOCCC1(CNCCC)CC2CC2C1. The highest BCUT2D eigenvalue weighted by atomic mass is 16.5. The van der Waals surface area contributed by atoms with Crippen molar-refractivity contribution in [3.63, 3.8) is 0 Å². The van der Waals surface area contributed by atoms with Crippen LogP contribution in [-0.2, 0) is 4.74 Å². The van der Waals surface area contributed by atoms with E-state index in [1.54, 1.807) is 0 Å². The molecule has 0 radical (unpaired) electrons. The Labute approximate surface area is 113 Å². The highest BCUT2D eigenvalue weighted by Crippen LogP contribution is 2.60. The number of nitrogens with one attached hydrogen (secondary N) is 1. The van der Waals surface area contributed by atoms with Crippen LogP contribution in [0, 0.1) is 17.3 Å². The molecular formula is C16H31NO. The second-order valence-electron chi connectivity index (χ2n) is 6.56. The molecule has 2 aliphatic carbocycles. The minimum Gasteiger partial charge on any atom is -0.381 e. The van der Waals surface area contributed by atoms with Crippen molar-refractivity contribution in [3.05, 3.63) is 0 Å². The van der Waals surface area contributed by atoms with E-state index in [0.717, 1.165) is 25.0 Å². The molecule has 2 fully saturated rings. The Morgan fingerprint density at radius 3 is 2.56 bits per heavy atom. The number of hydrogen-bond donors (Lipinski definition) is 1. The topological polar surface area (TPSA) is 21.3 Å². The Morgan fingerprint density at radius 1 is 1.11 bits per heavy atom. The Morgan fingerprint density at radius 2 is 1.89 bits per heavy atom. The number of hydrogen-bond acceptors (Lipinski definition) is 2. The van der Waals surface area contributed by atoms with E-state index in [1.165, 1.54) is 58.0 Å². The van der Waals surface area contributed by atoms with Crippen molar-refractivity contribution < 1.29 is 4.74 Å². The third-order valence-electron chi connectivity index (χ3n) is 4.81. The van der Waals surface area contributed by atoms with Gasteiger partial charge in [0.1, 0.15) is 0 Å². The van der Waals surface area contributed by atoms with Crippen molar-refractivity contribution in [3.8, 4) is 0 Å². The molecule has 0 aliphatic heterocycles. The van der Waals surface area contributed by atoms with Crippen molar-refractivity contribution in [2.45, 2.75) is 58.8 Å². The highest BCUT2D eigenvalue weighted by molar-refractivity contribution is 5.04. The summed E-state index contributed by atoms with van der Waals surface area (Å²) in [4.78, 5) is 0.